The number of amides is 2. The Hall–Kier alpha value is -5.31. The molecular weight excluding hydrogens is 717 g/mol. The highest BCUT2D eigenvalue weighted by atomic mass is 32.2. The number of nitrogens with one attached hydrogen (secondary N) is 2. The molecule has 52 heavy (non-hydrogen) atoms. The van der Waals surface area contributed by atoms with E-state index in [1.54, 1.807) is 23.7 Å². The Bertz CT molecular complexity index is 2040. The summed E-state index contributed by atoms with van der Waals surface area (Å²) in [6.07, 6.45) is 5.08. The molecule has 3 aromatic carbocycles. The molecule has 4 heterocycles. The molecule has 0 spiro atoms. The minimum Gasteiger partial charge on any atom is -0.481 e. The molecule has 0 aliphatic carbocycles. The van der Waals surface area contributed by atoms with Crippen LogP contribution in [0.1, 0.15) is 32.3 Å². The first kappa shape index (κ1) is 35.1. The minimum atomic E-state index is -1.27. The maximum atomic E-state index is 13.7. The molecule has 11 nitrogen and oxygen atoms in total. The first-order valence-corrected chi connectivity index (χ1v) is 19.1. The SMILES string of the molecule is CON=C(C(=O)NC1C(=O)N2CC(C=Cc3cnc(C)s3)(C(=O)O)CS[C@H]12)c1csc(NC(c2ccccc2)(c2ccccc2)c2ccccc2)n1. The number of nitrogens with zero attached hydrogens (tertiary/aromatic N) is 4. The van der Waals surface area contributed by atoms with E-state index < -0.39 is 34.2 Å². The van der Waals surface area contributed by atoms with Gasteiger partial charge in [0, 0.05) is 28.8 Å². The highest BCUT2D eigenvalue weighted by Gasteiger charge is 2.57. The zero-order chi connectivity index (χ0) is 36.3. The predicted molar refractivity (Wildman–Crippen MR) is 204 cm³/mol. The van der Waals surface area contributed by atoms with Crippen molar-refractivity contribution in [2.75, 3.05) is 24.7 Å². The van der Waals surface area contributed by atoms with Crippen LogP contribution >= 0.6 is 34.4 Å². The molecule has 0 radical (unpaired) electrons. The number of hydrogen-bond donors (Lipinski definition) is 3. The highest BCUT2D eigenvalue weighted by molar-refractivity contribution is 8.00. The Morgan fingerprint density at radius 3 is 2.17 bits per heavy atom. The first-order valence-electron chi connectivity index (χ1n) is 16.3. The van der Waals surface area contributed by atoms with Crippen molar-refractivity contribution in [3.63, 3.8) is 0 Å². The molecule has 0 bridgehead atoms. The maximum absolute atomic E-state index is 13.7. The summed E-state index contributed by atoms with van der Waals surface area (Å²) < 4.78 is 0. The smallest absolute Gasteiger partial charge is 0.316 e. The second-order valence-electron chi connectivity index (χ2n) is 12.3. The van der Waals surface area contributed by atoms with Crippen molar-refractivity contribution in [3.8, 4) is 0 Å². The molecule has 2 unspecified atom stereocenters. The number of benzene rings is 3. The summed E-state index contributed by atoms with van der Waals surface area (Å²) in [4.78, 5) is 56.0. The number of oxime groups is 1. The predicted octanol–water partition coefficient (Wildman–Crippen LogP) is 5.85. The van der Waals surface area contributed by atoms with E-state index in [0.717, 1.165) is 26.6 Å². The molecule has 2 saturated heterocycles. The number of fused-ring (bicyclic) bond motifs is 1. The van der Waals surface area contributed by atoms with Crippen LogP contribution in [0.4, 0.5) is 5.13 Å². The summed E-state index contributed by atoms with van der Waals surface area (Å²) in [7, 11) is 1.34. The molecule has 2 aliphatic heterocycles. The van der Waals surface area contributed by atoms with E-state index in [0.29, 0.717) is 5.13 Å². The number of aromatic nitrogens is 2. The number of rotatable bonds is 12. The Morgan fingerprint density at radius 2 is 1.63 bits per heavy atom. The summed E-state index contributed by atoms with van der Waals surface area (Å²) in [6.45, 7) is 1.87. The van der Waals surface area contributed by atoms with Crippen LogP contribution < -0.4 is 10.6 Å². The van der Waals surface area contributed by atoms with Gasteiger partial charge in [-0.15, -0.1) is 34.4 Å². The number of thiazole rings is 2. The summed E-state index contributed by atoms with van der Waals surface area (Å²) in [5, 5.41) is 23.4. The second kappa shape index (κ2) is 14.7. The van der Waals surface area contributed by atoms with E-state index in [4.69, 9.17) is 9.82 Å². The largest absolute Gasteiger partial charge is 0.481 e. The number of carboxylic acids is 1. The van der Waals surface area contributed by atoms with Crippen LogP contribution in [0.25, 0.3) is 6.08 Å². The molecule has 2 fully saturated rings. The van der Waals surface area contributed by atoms with Gasteiger partial charge >= 0.3 is 5.97 Å². The van der Waals surface area contributed by atoms with E-state index in [9.17, 15) is 19.5 Å². The lowest BCUT2D eigenvalue weighted by Crippen LogP contribution is -2.73. The molecule has 5 aromatic rings. The van der Waals surface area contributed by atoms with Crippen LogP contribution in [0.15, 0.2) is 114 Å². The Morgan fingerprint density at radius 1 is 1.02 bits per heavy atom. The third-order valence-electron chi connectivity index (χ3n) is 9.08. The van der Waals surface area contributed by atoms with Gasteiger partial charge in [-0.05, 0) is 29.7 Å². The fourth-order valence-corrected chi connectivity index (χ4v) is 9.43. The van der Waals surface area contributed by atoms with E-state index in [1.807, 2.05) is 61.5 Å². The van der Waals surface area contributed by atoms with Gasteiger partial charge in [0.15, 0.2) is 10.8 Å². The number of carboxylic acid groups (broad SMARTS) is 1. The van der Waals surface area contributed by atoms with Gasteiger partial charge in [0.1, 0.15) is 35.2 Å². The third-order valence-corrected chi connectivity index (χ3v) is 12.3. The molecule has 3 N–H and O–H groups in total. The van der Waals surface area contributed by atoms with Crippen molar-refractivity contribution in [2.24, 2.45) is 10.6 Å². The first-order chi connectivity index (χ1) is 25.2. The van der Waals surface area contributed by atoms with E-state index in [1.165, 1.54) is 46.4 Å². The van der Waals surface area contributed by atoms with Gasteiger partial charge in [0.2, 0.25) is 5.91 Å². The number of anilines is 1. The van der Waals surface area contributed by atoms with Crippen molar-refractivity contribution in [3.05, 3.63) is 141 Å². The molecule has 14 heteroatoms. The zero-order valence-corrected chi connectivity index (χ0v) is 30.6. The topological polar surface area (TPSA) is 146 Å². The number of thioether (sulfide) groups is 1. The van der Waals surface area contributed by atoms with E-state index >= 15 is 0 Å². The molecule has 7 rings (SSSR count). The van der Waals surface area contributed by atoms with Gasteiger partial charge in [-0.3, -0.25) is 14.4 Å². The van der Waals surface area contributed by atoms with Crippen molar-refractivity contribution in [2.45, 2.75) is 23.9 Å². The van der Waals surface area contributed by atoms with Crippen molar-refractivity contribution in [1.29, 1.82) is 0 Å². The molecule has 2 amide bonds. The number of hydrogen-bond acceptors (Lipinski definition) is 11. The van der Waals surface area contributed by atoms with E-state index in [2.05, 4.69) is 57.2 Å². The maximum Gasteiger partial charge on any atom is 0.316 e. The fourth-order valence-electron chi connectivity index (χ4n) is 6.48. The molecule has 264 valence electrons. The quantitative estimate of drug-likeness (QED) is 0.0619. The van der Waals surface area contributed by atoms with Gasteiger partial charge in [-0.25, -0.2) is 9.97 Å². The number of aryl methyl sites for hydroxylation is 1. The van der Waals surface area contributed by atoms with Crippen LogP contribution in [0.3, 0.4) is 0 Å². The lowest BCUT2D eigenvalue weighted by atomic mass is 9.77. The Labute approximate surface area is 312 Å². The van der Waals surface area contributed by atoms with Crippen molar-refractivity contribution >= 4 is 69.1 Å². The molecule has 0 saturated carbocycles. The van der Waals surface area contributed by atoms with Crippen molar-refractivity contribution < 1.29 is 24.3 Å². The van der Waals surface area contributed by atoms with Crippen molar-refractivity contribution in [1.82, 2.24) is 20.2 Å². The number of β-lactam (4-membered cyclic amide) rings is 1. The zero-order valence-electron chi connectivity index (χ0n) is 28.1. The van der Waals surface area contributed by atoms with Gasteiger partial charge in [0.25, 0.3) is 5.91 Å². The minimum absolute atomic E-state index is 0.00832. The van der Waals surface area contributed by atoms with Crippen LogP contribution in [0, 0.1) is 12.3 Å². The average molecular weight is 751 g/mol. The summed E-state index contributed by atoms with van der Waals surface area (Å²) >= 11 is 4.09. The lowest BCUT2D eigenvalue weighted by molar-refractivity contribution is -0.155. The number of aliphatic carboxylic acids is 1. The number of carbonyl (C=O) groups excluding carboxylic acids is 2. The fraction of sp³-hybridized carbons (Fsp3) is 0.211. The summed E-state index contributed by atoms with van der Waals surface area (Å²) in [5.41, 5.74) is 1.05. The van der Waals surface area contributed by atoms with Gasteiger partial charge in [-0.2, -0.15) is 0 Å². The lowest BCUT2D eigenvalue weighted by Gasteiger charge is -2.53. The molecule has 2 aromatic heterocycles. The standard InChI is InChI=1S/C38H34N6O5S3/c1-24-39-20-28(52-24)18-19-37(35(47)48)22-44-33(46)31(34(44)51-23-37)41-32(45)30(43-49-2)29-21-50-36(40-29)42-38(25-12-6-3-7-13-25,26-14-8-4-9-15-26)27-16-10-5-11-17-27/h3-21,31,34H,22-23H2,1-2H3,(H,40,42)(H,41,45)(H,47,48)/t31?,34-,37?/m1/s1. The monoisotopic (exact) mass is 750 g/mol. The Kier molecular flexibility index (Phi) is 9.95. The van der Waals surface area contributed by atoms with Crippen LogP contribution in [0.2, 0.25) is 0 Å². The van der Waals surface area contributed by atoms with Gasteiger partial charge in [0.05, 0.1) is 5.01 Å². The molecule has 3 atom stereocenters. The second-order valence-corrected chi connectivity index (χ2v) is 15.6. The van der Waals surface area contributed by atoms with Crippen LogP contribution in [-0.4, -0.2) is 74.3 Å². The summed E-state index contributed by atoms with van der Waals surface area (Å²) in [5.74, 6) is -1.79. The third kappa shape index (κ3) is 6.60. The molecule has 2 aliphatic rings. The van der Waals surface area contributed by atoms with Gasteiger partial charge in [-0.1, -0.05) is 102 Å². The normalized spacial score (nSPS) is 20.2. The highest BCUT2D eigenvalue weighted by Crippen LogP contribution is 2.44. The summed E-state index contributed by atoms with van der Waals surface area (Å²) in [6, 6.07) is 29.4. The molecular formula is C38H34N6O5S3. The van der Waals surface area contributed by atoms with Gasteiger partial charge < -0.3 is 25.5 Å². The average Bonchev–Trinajstić information content (AvgIpc) is 3.83. The van der Waals surface area contributed by atoms with E-state index in [-0.39, 0.29) is 29.6 Å². The number of carbonyl (C=O) groups is 3. The van der Waals surface area contributed by atoms with Crippen LogP contribution in [-0.2, 0) is 24.8 Å². The Balaban J connectivity index is 1.11. The van der Waals surface area contributed by atoms with Crippen LogP contribution in [0.5, 0.6) is 0 Å².